The van der Waals surface area contributed by atoms with Gasteiger partial charge in [-0.15, -0.1) is 0 Å². The van der Waals surface area contributed by atoms with Crippen LogP contribution in [0.3, 0.4) is 0 Å². The number of hydrogen-bond donors (Lipinski definition) is 2. The maximum Gasteiger partial charge on any atom is 0.329 e. The third kappa shape index (κ3) is 3.83. The maximum atomic E-state index is 12.4. The van der Waals surface area contributed by atoms with Crippen LogP contribution in [0.15, 0.2) is 24.3 Å². The molecule has 0 aliphatic carbocycles. The van der Waals surface area contributed by atoms with Crippen LogP contribution in [0.4, 0.5) is 10.5 Å². The topological polar surface area (TPSA) is 108 Å². The largest absolute Gasteiger partial charge is 0.383 e. The standard InChI is InChI=1S/C17H20N4O5/c1-26-7-6-20-9-12(8-15(20)23)18-16(24)11-2-4-13(5-3-11)21-10-14(22)19-17(21)25/h2-5,12H,6-10H2,1H3,(H,18,24)(H,19,22,25)/t12-/m0/s1. The molecule has 0 unspecified atom stereocenters. The number of benzene rings is 1. The lowest BCUT2D eigenvalue weighted by Crippen LogP contribution is -2.37. The van der Waals surface area contributed by atoms with Gasteiger partial charge in [-0.3, -0.25) is 24.6 Å². The summed E-state index contributed by atoms with van der Waals surface area (Å²) in [6, 6.07) is 5.66. The zero-order valence-electron chi connectivity index (χ0n) is 14.4. The molecule has 1 aromatic carbocycles. The summed E-state index contributed by atoms with van der Waals surface area (Å²) in [5.74, 6) is -0.655. The lowest BCUT2D eigenvalue weighted by Gasteiger charge is -2.17. The molecule has 26 heavy (non-hydrogen) atoms. The predicted octanol–water partition coefficient (Wildman–Crippen LogP) is -0.280. The molecule has 2 saturated heterocycles. The fraction of sp³-hybridized carbons (Fsp3) is 0.412. The number of methoxy groups -OCH3 is 1. The van der Waals surface area contributed by atoms with Crippen molar-refractivity contribution in [2.45, 2.75) is 12.5 Å². The molecule has 2 fully saturated rings. The number of nitrogens with zero attached hydrogens (tertiary/aromatic N) is 2. The van der Waals surface area contributed by atoms with Gasteiger partial charge >= 0.3 is 6.03 Å². The second kappa shape index (κ2) is 7.52. The van der Waals surface area contributed by atoms with E-state index in [1.807, 2.05) is 0 Å². The smallest absolute Gasteiger partial charge is 0.329 e. The average molecular weight is 360 g/mol. The van der Waals surface area contributed by atoms with Gasteiger partial charge in [0, 0.05) is 37.9 Å². The number of anilines is 1. The van der Waals surface area contributed by atoms with E-state index in [2.05, 4.69) is 10.6 Å². The van der Waals surface area contributed by atoms with Gasteiger partial charge in [-0.1, -0.05) is 0 Å². The van der Waals surface area contributed by atoms with Crippen LogP contribution in [0.1, 0.15) is 16.8 Å². The molecular weight excluding hydrogens is 340 g/mol. The third-order valence-corrected chi connectivity index (χ3v) is 4.35. The van der Waals surface area contributed by atoms with E-state index in [-0.39, 0.29) is 36.7 Å². The molecule has 5 amide bonds. The highest BCUT2D eigenvalue weighted by atomic mass is 16.5. The minimum absolute atomic E-state index is 0.00703. The van der Waals surface area contributed by atoms with Crippen LogP contribution in [0.5, 0.6) is 0 Å². The molecule has 1 aromatic rings. The first-order valence-electron chi connectivity index (χ1n) is 8.27. The minimum atomic E-state index is -0.479. The second-order valence-corrected chi connectivity index (χ2v) is 6.19. The fourth-order valence-corrected chi connectivity index (χ4v) is 3.00. The number of imide groups is 1. The second-order valence-electron chi connectivity index (χ2n) is 6.19. The zero-order chi connectivity index (χ0) is 18.7. The van der Waals surface area contributed by atoms with Crippen LogP contribution in [-0.4, -0.2) is 68.0 Å². The SMILES string of the molecule is COCCN1C[C@@H](NC(=O)c2ccc(N3CC(=O)NC3=O)cc2)CC1=O. The highest BCUT2D eigenvalue weighted by molar-refractivity contribution is 6.12. The van der Waals surface area contributed by atoms with Crippen molar-refractivity contribution in [3.05, 3.63) is 29.8 Å². The van der Waals surface area contributed by atoms with Crippen LogP contribution >= 0.6 is 0 Å². The number of rotatable bonds is 6. The maximum absolute atomic E-state index is 12.4. The van der Waals surface area contributed by atoms with E-state index in [0.29, 0.717) is 30.9 Å². The summed E-state index contributed by atoms with van der Waals surface area (Å²) in [6.45, 7) is 1.39. The van der Waals surface area contributed by atoms with Gasteiger partial charge in [0.1, 0.15) is 6.54 Å². The van der Waals surface area contributed by atoms with Gasteiger partial charge in [-0.25, -0.2) is 4.79 Å². The molecule has 9 heteroatoms. The van der Waals surface area contributed by atoms with Crippen LogP contribution in [0, 0.1) is 0 Å². The molecule has 0 bridgehead atoms. The van der Waals surface area contributed by atoms with Gasteiger partial charge in [0.15, 0.2) is 0 Å². The minimum Gasteiger partial charge on any atom is -0.383 e. The molecule has 0 radical (unpaired) electrons. The third-order valence-electron chi connectivity index (χ3n) is 4.35. The van der Waals surface area contributed by atoms with E-state index in [9.17, 15) is 19.2 Å². The first kappa shape index (κ1) is 17.9. The van der Waals surface area contributed by atoms with E-state index in [0.717, 1.165) is 0 Å². The summed E-state index contributed by atoms with van der Waals surface area (Å²) >= 11 is 0. The Morgan fingerprint density at radius 3 is 2.62 bits per heavy atom. The van der Waals surface area contributed by atoms with E-state index >= 15 is 0 Å². The van der Waals surface area contributed by atoms with Crippen LogP contribution in [0.2, 0.25) is 0 Å². The molecule has 9 nitrogen and oxygen atoms in total. The highest BCUT2D eigenvalue weighted by Gasteiger charge is 2.31. The molecule has 0 aromatic heterocycles. The Bertz CT molecular complexity index is 733. The number of carbonyl (C=O) groups excluding carboxylic acids is 4. The van der Waals surface area contributed by atoms with Crippen molar-refractivity contribution in [2.24, 2.45) is 0 Å². The summed E-state index contributed by atoms with van der Waals surface area (Å²) in [6.07, 6.45) is 0.267. The Morgan fingerprint density at radius 2 is 2.00 bits per heavy atom. The number of urea groups is 1. The molecule has 0 spiro atoms. The van der Waals surface area contributed by atoms with Gasteiger partial charge in [-0.2, -0.15) is 0 Å². The predicted molar refractivity (Wildman–Crippen MR) is 91.7 cm³/mol. The Morgan fingerprint density at radius 1 is 1.27 bits per heavy atom. The first-order chi connectivity index (χ1) is 12.5. The van der Waals surface area contributed by atoms with E-state index in [4.69, 9.17) is 4.74 Å². The number of likely N-dealkylation sites (tertiary alicyclic amines) is 1. The van der Waals surface area contributed by atoms with E-state index in [1.165, 1.54) is 4.90 Å². The molecule has 0 saturated carbocycles. The Hall–Kier alpha value is -2.94. The normalized spacial score (nSPS) is 19.9. The van der Waals surface area contributed by atoms with Gasteiger partial charge < -0.3 is 15.0 Å². The number of nitrogens with one attached hydrogen (secondary N) is 2. The molecule has 2 N–H and O–H groups in total. The molecule has 1 atom stereocenters. The molecule has 2 aliphatic rings. The van der Waals surface area contributed by atoms with Crippen molar-refractivity contribution in [3.8, 4) is 0 Å². The van der Waals surface area contributed by atoms with Crippen molar-refractivity contribution in [3.63, 3.8) is 0 Å². The first-order valence-corrected chi connectivity index (χ1v) is 8.27. The van der Waals surface area contributed by atoms with E-state index < -0.39 is 6.03 Å². The molecule has 3 rings (SSSR count). The average Bonchev–Trinajstić information content (AvgIpc) is 3.14. The van der Waals surface area contributed by atoms with Gasteiger partial charge in [-0.05, 0) is 24.3 Å². The monoisotopic (exact) mass is 360 g/mol. The summed E-state index contributed by atoms with van der Waals surface area (Å²) < 4.78 is 4.97. The number of carbonyl (C=O) groups is 4. The number of amides is 5. The van der Waals surface area contributed by atoms with Crippen molar-refractivity contribution < 1.29 is 23.9 Å². The van der Waals surface area contributed by atoms with Crippen LogP contribution in [-0.2, 0) is 14.3 Å². The number of hydrogen-bond acceptors (Lipinski definition) is 5. The Labute approximate surface area is 150 Å². The molecule has 2 aliphatic heterocycles. The molecular formula is C17H20N4O5. The van der Waals surface area contributed by atoms with Crippen LogP contribution < -0.4 is 15.5 Å². The number of ether oxygens (including phenoxy) is 1. The quantitative estimate of drug-likeness (QED) is 0.679. The molecule has 138 valence electrons. The summed E-state index contributed by atoms with van der Waals surface area (Å²) in [5.41, 5.74) is 0.953. The summed E-state index contributed by atoms with van der Waals surface area (Å²) in [5, 5.41) is 5.04. The lowest BCUT2D eigenvalue weighted by atomic mass is 10.1. The Kier molecular flexibility index (Phi) is 5.17. The van der Waals surface area contributed by atoms with Crippen molar-refractivity contribution in [1.82, 2.24) is 15.5 Å². The van der Waals surface area contributed by atoms with Crippen molar-refractivity contribution in [1.29, 1.82) is 0 Å². The van der Waals surface area contributed by atoms with Crippen molar-refractivity contribution in [2.75, 3.05) is 38.3 Å². The molecule has 2 heterocycles. The van der Waals surface area contributed by atoms with Gasteiger partial charge in [0.05, 0.1) is 12.6 Å². The van der Waals surface area contributed by atoms with Crippen molar-refractivity contribution >= 4 is 29.4 Å². The van der Waals surface area contributed by atoms with Crippen LogP contribution in [0.25, 0.3) is 0 Å². The fourth-order valence-electron chi connectivity index (χ4n) is 3.00. The summed E-state index contributed by atoms with van der Waals surface area (Å²) in [7, 11) is 1.57. The lowest BCUT2D eigenvalue weighted by molar-refractivity contribution is -0.128. The van der Waals surface area contributed by atoms with E-state index in [1.54, 1.807) is 36.3 Å². The Balaban J connectivity index is 1.58. The zero-order valence-corrected chi connectivity index (χ0v) is 14.4. The van der Waals surface area contributed by atoms with Gasteiger partial charge in [0.25, 0.3) is 5.91 Å². The highest BCUT2D eigenvalue weighted by Crippen LogP contribution is 2.18. The summed E-state index contributed by atoms with van der Waals surface area (Å²) in [4.78, 5) is 50.1. The van der Waals surface area contributed by atoms with Gasteiger partial charge in [0.2, 0.25) is 11.8 Å².